The van der Waals surface area contributed by atoms with Gasteiger partial charge in [0.2, 0.25) is 5.43 Å². The second-order valence-corrected chi connectivity index (χ2v) is 4.16. The number of aromatic nitrogens is 1. The normalized spacial score (nSPS) is 13.8. The van der Waals surface area contributed by atoms with Crippen LogP contribution in [0, 0.1) is 6.92 Å². The Morgan fingerprint density at radius 2 is 1.88 bits per heavy atom. The Kier molecular flexibility index (Phi) is 3.47. The monoisotopic (exact) mass is 269 g/mol. The second kappa shape index (κ2) is 4.25. The topological polar surface area (TPSA) is 42.2 Å². The van der Waals surface area contributed by atoms with E-state index in [1.165, 1.54) is 14.0 Å². The molecule has 0 aliphatic carbocycles. The highest BCUT2D eigenvalue weighted by Crippen LogP contribution is 2.37. The van der Waals surface area contributed by atoms with Gasteiger partial charge in [-0.15, -0.1) is 0 Å². The van der Waals surface area contributed by atoms with E-state index in [0.29, 0.717) is 0 Å². The van der Waals surface area contributed by atoms with E-state index in [0.717, 1.165) is 11.5 Å². The van der Waals surface area contributed by atoms with E-state index in [1.54, 1.807) is 0 Å². The van der Waals surface area contributed by atoms with E-state index < -0.39 is 29.0 Å². The number of rotatable bonds is 1. The lowest BCUT2D eigenvalue weighted by Gasteiger charge is -2.22. The fourth-order valence-corrected chi connectivity index (χ4v) is 1.74. The van der Waals surface area contributed by atoms with Gasteiger partial charge in [-0.25, -0.2) is 0 Å². The molecule has 1 rings (SSSR count). The maximum atomic E-state index is 12.6. The average Bonchev–Trinajstić information content (AvgIpc) is 2.22. The first-order valence-electron chi connectivity index (χ1n) is 4.73. The average molecular weight is 270 g/mol. The zero-order valence-electron chi connectivity index (χ0n) is 9.39. The van der Waals surface area contributed by atoms with Crippen LogP contribution in [0.2, 0.25) is 5.02 Å². The van der Waals surface area contributed by atoms with Gasteiger partial charge < -0.3 is 9.67 Å². The molecule has 0 saturated heterocycles. The smallest absolute Gasteiger partial charge is 0.397 e. The van der Waals surface area contributed by atoms with E-state index in [2.05, 4.69) is 0 Å². The third-order valence-electron chi connectivity index (χ3n) is 2.74. The molecule has 0 amide bonds. The summed E-state index contributed by atoms with van der Waals surface area (Å²) in [6.07, 6.45) is -4.54. The molecule has 1 heterocycles. The molecule has 0 aliphatic rings. The first-order valence-corrected chi connectivity index (χ1v) is 5.11. The Hall–Kier alpha value is -1.17. The molecule has 1 atom stereocenters. The van der Waals surface area contributed by atoms with Crippen molar-refractivity contribution in [1.29, 1.82) is 0 Å². The van der Waals surface area contributed by atoms with Gasteiger partial charge in [-0.1, -0.05) is 11.6 Å². The summed E-state index contributed by atoms with van der Waals surface area (Å²) < 4.78 is 38.9. The lowest BCUT2D eigenvalue weighted by Crippen LogP contribution is -2.25. The van der Waals surface area contributed by atoms with Gasteiger partial charge in [0, 0.05) is 12.7 Å². The van der Waals surface area contributed by atoms with E-state index in [1.807, 2.05) is 0 Å². The van der Waals surface area contributed by atoms with Crippen molar-refractivity contribution < 1.29 is 18.3 Å². The van der Waals surface area contributed by atoms with Gasteiger partial charge >= 0.3 is 6.18 Å². The van der Waals surface area contributed by atoms with Crippen molar-refractivity contribution in [3.63, 3.8) is 0 Å². The molecule has 1 unspecified atom stereocenters. The molecule has 0 aromatic carbocycles. The summed E-state index contributed by atoms with van der Waals surface area (Å²) in [6, 6.07) is 0. The van der Waals surface area contributed by atoms with Crippen LogP contribution in [0.3, 0.4) is 0 Å². The molecule has 96 valence electrons. The number of nitrogens with zero attached hydrogens (tertiary/aromatic N) is 1. The Balaban J connectivity index is 3.61. The molecule has 7 heteroatoms. The first kappa shape index (κ1) is 13.9. The number of hydrogen-bond donors (Lipinski definition) is 1. The standard InChI is InChI=1S/C10H11ClF3NO2/c1-4(10(12,13)14)7-9(17)8(16)6(11)5(2)15(7)3/h4,17H,1-3H3. The molecular weight excluding hydrogens is 259 g/mol. The van der Waals surface area contributed by atoms with Gasteiger partial charge in [-0.3, -0.25) is 4.79 Å². The Morgan fingerprint density at radius 1 is 1.41 bits per heavy atom. The highest BCUT2D eigenvalue weighted by molar-refractivity contribution is 6.31. The molecule has 1 N–H and O–H groups in total. The van der Waals surface area contributed by atoms with Crippen LogP contribution >= 0.6 is 11.6 Å². The third kappa shape index (κ3) is 2.26. The fourth-order valence-electron chi connectivity index (χ4n) is 1.52. The van der Waals surface area contributed by atoms with E-state index >= 15 is 0 Å². The molecule has 0 aliphatic heterocycles. The predicted molar refractivity (Wildman–Crippen MR) is 57.6 cm³/mol. The van der Waals surface area contributed by atoms with Crippen molar-refractivity contribution in [2.24, 2.45) is 7.05 Å². The SMILES string of the molecule is Cc1c(Cl)c(=O)c(O)c(C(C)C(F)(F)F)n1C. The largest absolute Gasteiger partial charge is 0.503 e. The lowest BCUT2D eigenvalue weighted by atomic mass is 10.0. The van der Waals surface area contributed by atoms with E-state index in [-0.39, 0.29) is 10.7 Å². The predicted octanol–water partition coefficient (Wildman–Crippen LogP) is 2.72. The highest BCUT2D eigenvalue weighted by Gasteiger charge is 2.40. The molecule has 0 saturated carbocycles. The Morgan fingerprint density at radius 3 is 2.29 bits per heavy atom. The van der Waals surface area contributed by atoms with Gasteiger partial charge in [0.05, 0.1) is 11.6 Å². The van der Waals surface area contributed by atoms with Gasteiger partial charge in [-0.2, -0.15) is 13.2 Å². The zero-order chi connectivity index (χ0) is 13.5. The quantitative estimate of drug-likeness (QED) is 0.852. The van der Waals surface area contributed by atoms with Crippen molar-refractivity contribution in [3.8, 4) is 5.75 Å². The summed E-state index contributed by atoms with van der Waals surface area (Å²) in [4.78, 5) is 11.4. The molecule has 3 nitrogen and oxygen atoms in total. The number of halogens is 4. The van der Waals surface area contributed by atoms with Gasteiger partial charge in [0.1, 0.15) is 5.02 Å². The number of alkyl halides is 3. The van der Waals surface area contributed by atoms with Crippen LogP contribution in [0.25, 0.3) is 0 Å². The zero-order valence-corrected chi connectivity index (χ0v) is 10.1. The summed E-state index contributed by atoms with van der Waals surface area (Å²) in [5.74, 6) is -2.90. The molecule has 0 bridgehead atoms. The van der Waals surface area contributed by atoms with Crippen LogP contribution in [-0.2, 0) is 7.05 Å². The van der Waals surface area contributed by atoms with E-state index in [9.17, 15) is 23.1 Å². The molecule has 1 aromatic heterocycles. The Bertz CT molecular complexity index is 508. The van der Waals surface area contributed by atoms with Crippen LogP contribution in [-0.4, -0.2) is 15.8 Å². The van der Waals surface area contributed by atoms with Crippen molar-refractivity contribution in [3.05, 3.63) is 26.6 Å². The molecule has 0 radical (unpaired) electrons. The van der Waals surface area contributed by atoms with Crippen LogP contribution in [0.1, 0.15) is 24.2 Å². The number of pyridine rings is 1. The van der Waals surface area contributed by atoms with Crippen molar-refractivity contribution >= 4 is 11.6 Å². The van der Waals surface area contributed by atoms with Crippen LogP contribution in [0.4, 0.5) is 13.2 Å². The molecule has 0 fully saturated rings. The molecular formula is C10H11ClF3NO2. The number of hydrogen-bond acceptors (Lipinski definition) is 2. The minimum absolute atomic E-state index is 0.181. The summed E-state index contributed by atoms with van der Waals surface area (Å²) >= 11 is 5.60. The third-order valence-corrected chi connectivity index (χ3v) is 3.19. The molecule has 0 spiro atoms. The summed E-state index contributed by atoms with van der Waals surface area (Å²) in [6.45, 7) is 2.29. The minimum atomic E-state index is -4.54. The van der Waals surface area contributed by atoms with Crippen LogP contribution in [0.15, 0.2) is 4.79 Å². The van der Waals surface area contributed by atoms with Crippen LogP contribution < -0.4 is 5.43 Å². The van der Waals surface area contributed by atoms with Crippen molar-refractivity contribution in [1.82, 2.24) is 4.57 Å². The second-order valence-electron chi connectivity index (χ2n) is 3.78. The minimum Gasteiger partial charge on any atom is -0.503 e. The van der Waals surface area contributed by atoms with E-state index in [4.69, 9.17) is 11.6 Å². The molecule has 17 heavy (non-hydrogen) atoms. The lowest BCUT2D eigenvalue weighted by molar-refractivity contribution is -0.148. The van der Waals surface area contributed by atoms with Gasteiger partial charge in [-0.05, 0) is 13.8 Å². The van der Waals surface area contributed by atoms with Crippen molar-refractivity contribution in [2.45, 2.75) is 25.9 Å². The Labute approximate surface area is 100 Å². The highest BCUT2D eigenvalue weighted by atomic mass is 35.5. The van der Waals surface area contributed by atoms with Crippen molar-refractivity contribution in [2.75, 3.05) is 0 Å². The van der Waals surface area contributed by atoms with Gasteiger partial charge in [0.15, 0.2) is 5.75 Å². The fraction of sp³-hybridized carbons (Fsp3) is 0.500. The van der Waals surface area contributed by atoms with Gasteiger partial charge in [0.25, 0.3) is 0 Å². The first-order chi connectivity index (χ1) is 7.59. The summed E-state index contributed by atoms with van der Waals surface area (Å²) in [7, 11) is 1.32. The van der Waals surface area contributed by atoms with Crippen LogP contribution in [0.5, 0.6) is 5.75 Å². The number of aromatic hydroxyl groups is 1. The maximum Gasteiger partial charge on any atom is 0.397 e. The summed E-state index contributed by atoms with van der Waals surface area (Å²) in [5, 5.41) is 9.22. The maximum absolute atomic E-state index is 12.6. The molecule has 1 aromatic rings. The summed E-state index contributed by atoms with van der Waals surface area (Å²) in [5.41, 5.74) is -1.28.